The molecule has 0 amide bonds. The zero-order chi connectivity index (χ0) is 22.4. The fourth-order valence-electron chi connectivity index (χ4n) is 4.56. The molecular formula is C24H35N5O2S. The highest BCUT2D eigenvalue weighted by molar-refractivity contribution is 7.89. The van der Waals surface area contributed by atoms with Gasteiger partial charge in [0.1, 0.15) is 5.82 Å². The lowest BCUT2D eigenvalue weighted by Crippen LogP contribution is -2.35. The molecule has 4 rings (SSSR count). The first-order chi connectivity index (χ1) is 15.5. The van der Waals surface area contributed by atoms with E-state index in [1.54, 1.807) is 10.4 Å². The van der Waals surface area contributed by atoms with Gasteiger partial charge in [-0.1, -0.05) is 31.4 Å². The summed E-state index contributed by atoms with van der Waals surface area (Å²) in [5.74, 6) is 0.747. The molecule has 7 nitrogen and oxygen atoms in total. The molecule has 2 aliphatic heterocycles. The minimum atomic E-state index is -3.49. The van der Waals surface area contributed by atoms with Crippen molar-refractivity contribution in [3.63, 3.8) is 0 Å². The lowest BCUT2D eigenvalue weighted by molar-refractivity contribution is 0.296. The molecule has 2 saturated heterocycles. The van der Waals surface area contributed by atoms with Crippen LogP contribution in [-0.4, -0.2) is 67.1 Å². The minimum absolute atomic E-state index is 0.373. The standard InChI is InChI=1S/C24H35N5O2S/c1-20-9-10-21(19-23(20)32(30,31)29-16-7-4-8-17-29)22-11-12-24(27-26-22)25-13-18-28-14-5-2-3-6-15-28/h9-12,19H,2-8,13-18H2,1H3,(H,25,27). The third-order valence-corrected chi connectivity index (χ3v) is 8.55. The van der Waals surface area contributed by atoms with Gasteiger partial charge in [-0.15, -0.1) is 10.2 Å². The fourth-order valence-corrected chi connectivity index (χ4v) is 6.33. The van der Waals surface area contributed by atoms with Crippen molar-refractivity contribution in [1.82, 2.24) is 19.4 Å². The smallest absolute Gasteiger partial charge is 0.243 e. The molecule has 8 heteroatoms. The number of aromatic nitrogens is 2. The van der Waals surface area contributed by atoms with Crippen molar-refractivity contribution in [2.75, 3.05) is 44.6 Å². The molecule has 0 unspecified atom stereocenters. The van der Waals surface area contributed by atoms with Crippen molar-refractivity contribution >= 4 is 15.8 Å². The van der Waals surface area contributed by atoms with E-state index in [1.807, 2.05) is 31.2 Å². The number of rotatable bonds is 7. The molecule has 0 bridgehead atoms. The second kappa shape index (κ2) is 10.7. The molecule has 1 aromatic heterocycles. The summed E-state index contributed by atoms with van der Waals surface area (Å²) in [6, 6.07) is 9.35. The average Bonchev–Trinajstić information content (AvgIpc) is 3.09. The summed E-state index contributed by atoms with van der Waals surface area (Å²) in [5.41, 5.74) is 2.21. The third kappa shape index (κ3) is 5.66. The maximum atomic E-state index is 13.2. The molecular weight excluding hydrogens is 422 g/mol. The number of hydrogen-bond donors (Lipinski definition) is 1. The van der Waals surface area contributed by atoms with Crippen LogP contribution in [0.25, 0.3) is 11.3 Å². The summed E-state index contributed by atoms with van der Waals surface area (Å²) < 4.78 is 28.0. The SMILES string of the molecule is Cc1ccc(-c2ccc(NCCN3CCCCCC3)nn2)cc1S(=O)(=O)N1CCCCC1. The Morgan fingerprint density at radius 2 is 1.56 bits per heavy atom. The summed E-state index contributed by atoms with van der Waals surface area (Å²) in [6.07, 6.45) is 8.22. The number of aryl methyl sites for hydroxylation is 1. The zero-order valence-corrected chi connectivity index (χ0v) is 19.9. The highest BCUT2D eigenvalue weighted by atomic mass is 32.2. The van der Waals surface area contributed by atoms with Crippen LogP contribution in [-0.2, 0) is 10.0 Å². The first-order valence-electron chi connectivity index (χ1n) is 12.0. The van der Waals surface area contributed by atoms with Crippen LogP contribution in [0.5, 0.6) is 0 Å². The van der Waals surface area contributed by atoms with E-state index >= 15 is 0 Å². The number of anilines is 1. The quantitative estimate of drug-likeness (QED) is 0.679. The highest BCUT2D eigenvalue weighted by Gasteiger charge is 2.27. The van der Waals surface area contributed by atoms with E-state index in [0.717, 1.165) is 49.3 Å². The molecule has 1 N–H and O–H groups in total. The minimum Gasteiger partial charge on any atom is -0.367 e. The first-order valence-corrected chi connectivity index (χ1v) is 13.4. The number of nitrogens with zero attached hydrogens (tertiary/aromatic N) is 4. The van der Waals surface area contributed by atoms with E-state index in [9.17, 15) is 8.42 Å². The Labute approximate surface area is 192 Å². The van der Waals surface area contributed by atoms with Crippen LogP contribution >= 0.6 is 0 Å². The number of hydrogen-bond acceptors (Lipinski definition) is 6. The molecule has 0 saturated carbocycles. The molecule has 0 aliphatic carbocycles. The second-order valence-electron chi connectivity index (χ2n) is 8.93. The molecule has 2 aliphatic rings. The second-order valence-corrected chi connectivity index (χ2v) is 10.8. The van der Waals surface area contributed by atoms with Gasteiger partial charge in [0.15, 0.2) is 0 Å². The third-order valence-electron chi connectivity index (χ3n) is 6.51. The molecule has 2 aromatic rings. The van der Waals surface area contributed by atoms with Crippen molar-refractivity contribution in [1.29, 1.82) is 0 Å². The molecule has 2 fully saturated rings. The van der Waals surface area contributed by atoms with Gasteiger partial charge in [0.25, 0.3) is 0 Å². The Hall–Kier alpha value is -2.03. The van der Waals surface area contributed by atoms with Crippen molar-refractivity contribution in [3.8, 4) is 11.3 Å². The molecule has 1 aromatic carbocycles. The molecule has 0 spiro atoms. The number of nitrogens with one attached hydrogen (secondary N) is 1. The Morgan fingerprint density at radius 3 is 2.25 bits per heavy atom. The molecule has 32 heavy (non-hydrogen) atoms. The Kier molecular flexibility index (Phi) is 7.75. The number of piperidine rings is 1. The number of benzene rings is 1. The van der Waals surface area contributed by atoms with E-state index < -0.39 is 10.0 Å². The fraction of sp³-hybridized carbons (Fsp3) is 0.583. The molecule has 0 atom stereocenters. The van der Waals surface area contributed by atoms with Gasteiger partial charge >= 0.3 is 0 Å². The predicted octanol–water partition coefficient (Wildman–Crippen LogP) is 3.91. The van der Waals surface area contributed by atoms with E-state index in [4.69, 9.17) is 0 Å². The monoisotopic (exact) mass is 457 g/mol. The zero-order valence-electron chi connectivity index (χ0n) is 19.1. The average molecular weight is 458 g/mol. The topological polar surface area (TPSA) is 78.4 Å². The van der Waals surface area contributed by atoms with Crippen LogP contribution in [0.2, 0.25) is 0 Å². The molecule has 3 heterocycles. The Morgan fingerprint density at radius 1 is 0.875 bits per heavy atom. The van der Waals surface area contributed by atoms with Crippen molar-refractivity contribution in [2.24, 2.45) is 0 Å². The lowest BCUT2D eigenvalue weighted by atomic mass is 10.1. The summed E-state index contributed by atoms with van der Waals surface area (Å²) in [5, 5.41) is 12.0. The van der Waals surface area contributed by atoms with E-state index in [1.165, 1.54) is 38.8 Å². The van der Waals surface area contributed by atoms with Crippen LogP contribution in [0.1, 0.15) is 50.5 Å². The van der Waals surface area contributed by atoms with E-state index in [-0.39, 0.29) is 0 Å². The lowest BCUT2D eigenvalue weighted by Gasteiger charge is -2.26. The largest absolute Gasteiger partial charge is 0.367 e. The van der Waals surface area contributed by atoms with Crippen LogP contribution in [0, 0.1) is 6.92 Å². The van der Waals surface area contributed by atoms with Gasteiger partial charge in [0, 0.05) is 31.7 Å². The van der Waals surface area contributed by atoms with Crippen molar-refractivity contribution in [2.45, 2.75) is 56.8 Å². The Bertz CT molecular complexity index is 980. The normalized spacial score (nSPS) is 18.9. The van der Waals surface area contributed by atoms with Crippen molar-refractivity contribution < 1.29 is 8.42 Å². The van der Waals surface area contributed by atoms with Gasteiger partial charge in [-0.25, -0.2) is 8.42 Å². The summed E-state index contributed by atoms with van der Waals surface area (Å²) in [7, 11) is -3.49. The van der Waals surface area contributed by atoms with Crippen LogP contribution in [0.3, 0.4) is 0 Å². The first kappa shape index (κ1) is 23.1. The van der Waals surface area contributed by atoms with Gasteiger partial charge in [0.2, 0.25) is 10.0 Å². The van der Waals surface area contributed by atoms with Crippen molar-refractivity contribution in [3.05, 3.63) is 35.9 Å². The molecule has 0 radical (unpaired) electrons. The summed E-state index contributed by atoms with van der Waals surface area (Å²) in [6.45, 7) is 7.28. The maximum absolute atomic E-state index is 13.2. The predicted molar refractivity (Wildman–Crippen MR) is 128 cm³/mol. The highest BCUT2D eigenvalue weighted by Crippen LogP contribution is 2.28. The van der Waals surface area contributed by atoms with E-state index in [2.05, 4.69) is 20.4 Å². The van der Waals surface area contributed by atoms with Gasteiger partial charge in [-0.2, -0.15) is 4.31 Å². The Balaban J connectivity index is 1.42. The van der Waals surface area contributed by atoms with Crippen LogP contribution in [0.4, 0.5) is 5.82 Å². The van der Waals surface area contributed by atoms with Gasteiger partial charge in [-0.3, -0.25) is 0 Å². The van der Waals surface area contributed by atoms with Gasteiger partial charge < -0.3 is 10.2 Å². The van der Waals surface area contributed by atoms with E-state index in [0.29, 0.717) is 23.7 Å². The molecule has 174 valence electrons. The van der Waals surface area contributed by atoms with Gasteiger partial charge in [0.05, 0.1) is 10.6 Å². The maximum Gasteiger partial charge on any atom is 0.243 e. The summed E-state index contributed by atoms with van der Waals surface area (Å²) in [4.78, 5) is 2.89. The van der Waals surface area contributed by atoms with Crippen LogP contribution in [0.15, 0.2) is 35.2 Å². The number of likely N-dealkylation sites (tertiary alicyclic amines) is 1. The summed E-state index contributed by atoms with van der Waals surface area (Å²) >= 11 is 0. The van der Waals surface area contributed by atoms with Crippen LogP contribution < -0.4 is 5.32 Å². The van der Waals surface area contributed by atoms with Gasteiger partial charge in [-0.05, 0) is 69.5 Å². The number of sulfonamides is 1.